The lowest BCUT2D eigenvalue weighted by Crippen LogP contribution is -2.34. The van der Waals surface area contributed by atoms with Crippen molar-refractivity contribution in [3.05, 3.63) is 87.8 Å². The molecule has 0 aliphatic heterocycles. The van der Waals surface area contributed by atoms with Crippen LogP contribution in [0.25, 0.3) is 0 Å². The molecule has 2 aromatic carbocycles. The van der Waals surface area contributed by atoms with Crippen molar-refractivity contribution in [1.29, 1.82) is 0 Å². The van der Waals surface area contributed by atoms with Crippen LogP contribution in [0.3, 0.4) is 0 Å². The minimum absolute atomic E-state index is 0.227. The monoisotopic (exact) mass is 391 g/mol. The zero-order chi connectivity index (χ0) is 20.8. The molecule has 0 fully saturated rings. The third kappa shape index (κ3) is 5.10. The number of nitrogens with zero attached hydrogens (tertiary/aromatic N) is 3. The smallest absolute Gasteiger partial charge is 0.278 e. The molecular weight excluding hydrogens is 366 g/mol. The number of carbonyl (C=O) groups excluding carboxylic acids is 1. The molecule has 0 aliphatic carbocycles. The number of hydrogen-bond donors (Lipinski definition) is 0. The molecule has 0 radical (unpaired) electrons. The second-order valence-electron chi connectivity index (χ2n) is 6.84. The largest absolute Gasteiger partial charge is 0.492 e. The lowest BCUT2D eigenvalue weighted by Gasteiger charge is -2.22. The number of rotatable bonds is 7. The Morgan fingerprint density at radius 2 is 1.72 bits per heavy atom. The number of carbonyl (C=O) groups is 1. The van der Waals surface area contributed by atoms with Crippen LogP contribution < -0.4 is 15.2 Å². The van der Waals surface area contributed by atoms with E-state index in [2.05, 4.69) is 11.2 Å². The SMILES string of the molecule is CCN(C(=O)c1ccc(=O)n(CCOc2ccccc2)n1)c1cc(C)cc(C)c1. The Morgan fingerprint density at radius 1 is 1.03 bits per heavy atom. The number of para-hydroxylation sites is 1. The summed E-state index contributed by atoms with van der Waals surface area (Å²) in [6.07, 6.45) is 0. The maximum Gasteiger partial charge on any atom is 0.278 e. The van der Waals surface area contributed by atoms with Crippen LogP contribution in [0.15, 0.2) is 65.5 Å². The summed E-state index contributed by atoms with van der Waals surface area (Å²) in [6, 6.07) is 18.2. The van der Waals surface area contributed by atoms with Gasteiger partial charge in [-0.2, -0.15) is 5.10 Å². The quantitative estimate of drug-likeness (QED) is 0.617. The van der Waals surface area contributed by atoms with Gasteiger partial charge in [-0.3, -0.25) is 9.59 Å². The highest BCUT2D eigenvalue weighted by Gasteiger charge is 2.19. The zero-order valence-corrected chi connectivity index (χ0v) is 17.0. The minimum atomic E-state index is -0.271. The van der Waals surface area contributed by atoms with Crippen molar-refractivity contribution in [2.24, 2.45) is 0 Å². The second kappa shape index (κ2) is 9.19. The van der Waals surface area contributed by atoms with E-state index in [4.69, 9.17) is 4.74 Å². The van der Waals surface area contributed by atoms with Crippen molar-refractivity contribution < 1.29 is 9.53 Å². The van der Waals surface area contributed by atoms with Crippen LogP contribution in [0, 0.1) is 13.8 Å². The maximum atomic E-state index is 13.1. The van der Waals surface area contributed by atoms with Gasteiger partial charge in [0.05, 0.1) is 6.54 Å². The van der Waals surface area contributed by atoms with Crippen LogP contribution in [0.4, 0.5) is 5.69 Å². The first-order valence-electron chi connectivity index (χ1n) is 9.64. The fraction of sp³-hybridized carbons (Fsp3) is 0.261. The standard InChI is InChI=1S/C23H25N3O3/c1-4-25(19-15-17(2)14-18(3)16-19)23(28)21-10-11-22(27)26(24-21)12-13-29-20-8-6-5-7-9-20/h5-11,14-16H,4,12-13H2,1-3H3. The molecule has 1 aromatic heterocycles. The van der Waals surface area contributed by atoms with Gasteiger partial charge in [-0.1, -0.05) is 24.3 Å². The molecule has 0 unspecified atom stereocenters. The van der Waals surface area contributed by atoms with E-state index in [0.29, 0.717) is 6.54 Å². The molecule has 0 saturated heterocycles. The van der Waals surface area contributed by atoms with Crippen molar-refractivity contribution in [3.8, 4) is 5.75 Å². The number of amides is 1. The summed E-state index contributed by atoms with van der Waals surface area (Å²) >= 11 is 0. The van der Waals surface area contributed by atoms with E-state index in [1.54, 1.807) is 4.90 Å². The third-order valence-electron chi connectivity index (χ3n) is 4.48. The fourth-order valence-corrected chi connectivity index (χ4v) is 3.18. The Hall–Kier alpha value is -3.41. The average Bonchev–Trinajstić information content (AvgIpc) is 2.70. The molecule has 6 nitrogen and oxygen atoms in total. The van der Waals surface area contributed by atoms with E-state index < -0.39 is 0 Å². The summed E-state index contributed by atoms with van der Waals surface area (Å²) in [5, 5.41) is 4.28. The number of benzene rings is 2. The van der Waals surface area contributed by atoms with Crippen LogP contribution in [0.2, 0.25) is 0 Å². The molecule has 0 spiro atoms. The normalized spacial score (nSPS) is 10.6. The van der Waals surface area contributed by atoms with Crippen LogP contribution in [-0.4, -0.2) is 28.8 Å². The fourth-order valence-electron chi connectivity index (χ4n) is 3.18. The van der Waals surface area contributed by atoms with E-state index in [-0.39, 0.29) is 30.3 Å². The topological polar surface area (TPSA) is 64.4 Å². The summed E-state index contributed by atoms with van der Waals surface area (Å²) in [6.45, 7) is 6.95. The van der Waals surface area contributed by atoms with Gasteiger partial charge in [0.25, 0.3) is 11.5 Å². The first-order valence-corrected chi connectivity index (χ1v) is 9.64. The van der Waals surface area contributed by atoms with E-state index in [1.165, 1.54) is 16.8 Å². The van der Waals surface area contributed by atoms with E-state index in [9.17, 15) is 9.59 Å². The molecule has 29 heavy (non-hydrogen) atoms. The van der Waals surface area contributed by atoms with Crippen LogP contribution in [0.5, 0.6) is 5.75 Å². The zero-order valence-electron chi connectivity index (χ0n) is 17.0. The Bertz CT molecular complexity index is 1020. The van der Waals surface area contributed by atoms with Crippen molar-refractivity contribution in [2.75, 3.05) is 18.1 Å². The summed E-state index contributed by atoms with van der Waals surface area (Å²) in [5.41, 5.74) is 2.95. The lowest BCUT2D eigenvalue weighted by atomic mass is 10.1. The van der Waals surface area contributed by atoms with Gasteiger partial charge >= 0.3 is 0 Å². The van der Waals surface area contributed by atoms with E-state index in [0.717, 1.165) is 22.6 Å². The van der Waals surface area contributed by atoms with Gasteiger partial charge in [-0.15, -0.1) is 0 Å². The van der Waals surface area contributed by atoms with Gasteiger partial charge in [0, 0.05) is 18.3 Å². The molecule has 3 rings (SSSR count). The number of aromatic nitrogens is 2. The van der Waals surface area contributed by atoms with Gasteiger partial charge in [0.15, 0.2) is 0 Å². The Balaban J connectivity index is 1.78. The molecule has 150 valence electrons. The Labute approximate surface area is 170 Å². The molecule has 1 heterocycles. The number of hydrogen-bond acceptors (Lipinski definition) is 4. The molecule has 0 atom stereocenters. The molecule has 0 saturated carbocycles. The number of anilines is 1. The Kier molecular flexibility index (Phi) is 6.44. The van der Waals surface area contributed by atoms with Crippen molar-refractivity contribution >= 4 is 11.6 Å². The molecular formula is C23H25N3O3. The summed E-state index contributed by atoms with van der Waals surface area (Å²) in [5.74, 6) is 0.481. The van der Waals surface area contributed by atoms with Gasteiger partial charge < -0.3 is 9.64 Å². The van der Waals surface area contributed by atoms with E-state index >= 15 is 0 Å². The third-order valence-corrected chi connectivity index (χ3v) is 4.48. The summed E-state index contributed by atoms with van der Waals surface area (Å²) < 4.78 is 6.90. The van der Waals surface area contributed by atoms with Gasteiger partial charge in [-0.05, 0) is 62.2 Å². The molecule has 6 heteroatoms. The minimum Gasteiger partial charge on any atom is -0.492 e. The molecule has 1 amide bonds. The molecule has 3 aromatic rings. The second-order valence-corrected chi connectivity index (χ2v) is 6.84. The predicted molar refractivity (Wildman–Crippen MR) is 114 cm³/mol. The Morgan fingerprint density at radius 3 is 2.38 bits per heavy atom. The van der Waals surface area contributed by atoms with Crippen molar-refractivity contribution in [2.45, 2.75) is 27.3 Å². The molecule has 0 aliphatic rings. The van der Waals surface area contributed by atoms with Gasteiger partial charge in [-0.25, -0.2) is 4.68 Å². The van der Waals surface area contributed by atoms with Crippen LogP contribution in [0.1, 0.15) is 28.5 Å². The van der Waals surface area contributed by atoms with Crippen LogP contribution in [-0.2, 0) is 6.54 Å². The highest BCUT2D eigenvalue weighted by atomic mass is 16.5. The first-order chi connectivity index (χ1) is 14.0. The highest BCUT2D eigenvalue weighted by Crippen LogP contribution is 2.20. The highest BCUT2D eigenvalue weighted by molar-refractivity contribution is 6.04. The van der Waals surface area contributed by atoms with Crippen molar-refractivity contribution in [3.63, 3.8) is 0 Å². The molecule has 0 N–H and O–H groups in total. The maximum absolute atomic E-state index is 13.1. The predicted octanol–water partition coefficient (Wildman–Crippen LogP) is 3.61. The average molecular weight is 391 g/mol. The van der Waals surface area contributed by atoms with Crippen molar-refractivity contribution in [1.82, 2.24) is 9.78 Å². The van der Waals surface area contributed by atoms with E-state index in [1.807, 2.05) is 63.2 Å². The number of ether oxygens (including phenoxy) is 1. The van der Waals surface area contributed by atoms with Crippen LogP contribution >= 0.6 is 0 Å². The van der Waals surface area contributed by atoms with Gasteiger partial charge in [0.2, 0.25) is 0 Å². The summed E-state index contributed by atoms with van der Waals surface area (Å²) in [4.78, 5) is 26.9. The lowest BCUT2D eigenvalue weighted by molar-refractivity contribution is 0.0980. The van der Waals surface area contributed by atoms with Gasteiger partial charge in [0.1, 0.15) is 18.1 Å². The molecule has 0 bridgehead atoms. The number of aryl methyl sites for hydroxylation is 2. The summed E-state index contributed by atoms with van der Waals surface area (Å²) in [7, 11) is 0. The first kappa shape index (κ1) is 20.3.